The van der Waals surface area contributed by atoms with E-state index in [-0.39, 0.29) is 16.7 Å². The van der Waals surface area contributed by atoms with E-state index in [4.69, 9.17) is 4.52 Å². The fourth-order valence-electron chi connectivity index (χ4n) is 2.99. The molecule has 1 aromatic carbocycles. The number of sulfone groups is 1. The zero-order valence-electron chi connectivity index (χ0n) is 15.8. The Morgan fingerprint density at radius 1 is 1.17 bits per heavy atom. The van der Waals surface area contributed by atoms with E-state index in [1.807, 2.05) is 24.3 Å². The minimum atomic E-state index is -3.62. The minimum absolute atomic E-state index is 0.0173. The second kappa shape index (κ2) is 7.17. The number of aromatic nitrogens is 3. The Labute approximate surface area is 167 Å². The highest BCUT2D eigenvalue weighted by atomic mass is 32.2. The average Bonchev–Trinajstić information content (AvgIpc) is 3.32. The molecule has 9 heteroatoms. The first-order valence-electron chi connectivity index (χ1n) is 8.91. The van der Waals surface area contributed by atoms with E-state index in [0.717, 1.165) is 18.2 Å². The molecule has 1 N–H and O–H groups in total. The molecule has 148 valence electrons. The quantitative estimate of drug-likeness (QED) is 0.541. The number of rotatable bonds is 5. The SMILES string of the molecule is CCc1ccc(-c2cc(NC(=O)c3nc(S(C)(=O)=O)n4ccccc34)on2)cc1. The van der Waals surface area contributed by atoms with Gasteiger partial charge in [0.2, 0.25) is 20.9 Å². The van der Waals surface area contributed by atoms with Gasteiger partial charge in [-0.2, -0.15) is 0 Å². The molecule has 29 heavy (non-hydrogen) atoms. The maximum absolute atomic E-state index is 12.7. The summed E-state index contributed by atoms with van der Waals surface area (Å²) in [6.07, 6.45) is 3.53. The number of fused-ring (bicyclic) bond motifs is 1. The third-order valence-electron chi connectivity index (χ3n) is 4.47. The number of nitrogens with one attached hydrogen (secondary N) is 1. The lowest BCUT2D eigenvalue weighted by Crippen LogP contribution is -2.12. The fraction of sp³-hybridized carbons (Fsp3) is 0.150. The summed E-state index contributed by atoms with van der Waals surface area (Å²) in [5.41, 5.74) is 3.00. The van der Waals surface area contributed by atoms with Crippen LogP contribution in [0, 0.1) is 0 Å². The van der Waals surface area contributed by atoms with Gasteiger partial charge in [0.25, 0.3) is 5.91 Å². The number of pyridine rings is 1. The highest BCUT2D eigenvalue weighted by Gasteiger charge is 2.23. The highest BCUT2D eigenvalue weighted by molar-refractivity contribution is 7.90. The number of anilines is 1. The Morgan fingerprint density at radius 3 is 2.62 bits per heavy atom. The summed E-state index contributed by atoms with van der Waals surface area (Å²) >= 11 is 0. The predicted molar refractivity (Wildman–Crippen MR) is 108 cm³/mol. The Balaban J connectivity index is 1.63. The van der Waals surface area contributed by atoms with Gasteiger partial charge in [-0.15, -0.1) is 0 Å². The standard InChI is InChI=1S/C20H18N4O4S/c1-3-13-7-9-14(10-8-13)15-12-17(28-23-15)21-19(25)18-16-6-4-5-11-24(16)20(22-18)29(2,26)27/h4-12H,3H2,1-2H3,(H,21,25). The van der Waals surface area contributed by atoms with Gasteiger partial charge in [-0.25, -0.2) is 13.4 Å². The lowest BCUT2D eigenvalue weighted by atomic mass is 10.1. The number of amides is 1. The molecule has 1 amide bonds. The molecule has 0 fully saturated rings. The molecular formula is C20H18N4O4S. The molecule has 0 spiro atoms. The lowest BCUT2D eigenvalue weighted by molar-refractivity contribution is 0.102. The van der Waals surface area contributed by atoms with Crippen LogP contribution in [0.15, 0.2) is 64.4 Å². The van der Waals surface area contributed by atoms with Crippen molar-refractivity contribution in [3.8, 4) is 11.3 Å². The maximum Gasteiger partial charge on any atom is 0.278 e. The van der Waals surface area contributed by atoms with Crippen LogP contribution in [0.4, 0.5) is 5.88 Å². The van der Waals surface area contributed by atoms with Crippen LogP contribution in [0.3, 0.4) is 0 Å². The topological polar surface area (TPSA) is 107 Å². The van der Waals surface area contributed by atoms with E-state index < -0.39 is 15.7 Å². The number of hydrogen-bond donors (Lipinski definition) is 1. The van der Waals surface area contributed by atoms with E-state index in [1.165, 1.54) is 9.96 Å². The molecule has 0 radical (unpaired) electrons. The summed E-state index contributed by atoms with van der Waals surface area (Å²) in [6, 6.07) is 14.5. The van der Waals surface area contributed by atoms with Crippen molar-refractivity contribution in [1.82, 2.24) is 14.5 Å². The first-order chi connectivity index (χ1) is 13.9. The van der Waals surface area contributed by atoms with Crippen molar-refractivity contribution in [2.45, 2.75) is 18.5 Å². The van der Waals surface area contributed by atoms with Crippen molar-refractivity contribution in [2.75, 3.05) is 11.6 Å². The maximum atomic E-state index is 12.7. The van der Waals surface area contributed by atoms with E-state index in [1.54, 1.807) is 30.5 Å². The van der Waals surface area contributed by atoms with E-state index in [0.29, 0.717) is 11.2 Å². The molecule has 0 saturated heterocycles. The number of imidazole rings is 1. The predicted octanol–water partition coefficient (Wildman–Crippen LogP) is 3.21. The first kappa shape index (κ1) is 18.9. The molecule has 0 saturated carbocycles. The van der Waals surface area contributed by atoms with Crippen molar-refractivity contribution in [1.29, 1.82) is 0 Å². The minimum Gasteiger partial charge on any atom is -0.338 e. The Hall–Kier alpha value is -3.46. The van der Waals surface area contributed by atoms with Gasteiger partial charge in [-0.1, -0.05) is 42.4 Å². The van der Waals surface area contributed by atoms with Gasteiger partial charge in [0.05, 0.1) is 5.52 Å². The molecule has 0 aliphatic rings. The average molecular weight is 410 g/mol. The lowest BCUT2D eigenvalue weighted by Gasteiger charge is -1.99. The number of nitrogens with zero attached hydrogens (tertiary/aromatic N) is 3. The Morgan fingerprint density at radius 2 is 1.93 bits per heavy atom. The number of aryl methyl sites for hydroxylation is 1. The van der Waals surface area contributed by atoms with Crippen molar-refractivity contribution < 1.29 is 17.7 Å². The molecule has 4 rings (SSSR count). The van der Waals surface area contributed by atoms with Crippen LogP contribution in [0.5, 0.6) is 0 Å². The van der Waals surface area contributed by atoms with Gasteiger partial charge in [-0.3, -0.25) is 14.5 Å². The van der Waals surface area contributed by atoms with Crippen LogP contribution in [-0.4, -0.2) is 35.1 Å². The number of carbonyl (C=O) groups is 1. The van der Waals surface area contributed by atoms with Gasteiger partial charge in [-0.05, 0) is 24.1 Å². The zero-order chi connectivity index (χ0) is 20.6. The molecule has 0 unspecified atom stereocenters. The van der Waals surface area contributed by atoms with Crippen molar-refractivity contribution in [3.63, 3.8) is 0 Å². The fourth-order valence-corrected chi connectivity index (χ4v) is 3.76. The van der Waals surface area contributed by atoms with Crippen molar-refractivity contribution in [3.05, 3.63) is 66.0 Å². The van der Waals surface area contributed by atoms with E-state index in [2.05, 4.69) is 22.4 Å². The van der Waals surface area contributed by atoms with Gasteiger partial charge in [0, 0.05) is 24.1 Å². The first-order valence-corrected chi connectivity index (χ1v) is 10.8. The Kier molecular flexibility index (Phi) is 4.67. The third-order valence-corrected chi connectivity index (χ3v) is 5.42. The normalized spacial score (nSPS) is 11.7. The zero-order valence-corrected chi connectivity index (χ0v) is 16.6. The van der Waals surface area contributed by atoms with Crippen LogP contribution < -0.4 is 5.32 Å². The number of benzene rings is 1. The summed E-state index contributed by atoms with van der Waals surface area (Å²) < 4.78 is 30.6. The van der Waals surface area contributed by atoms with Crippen LogP contribution in [0.25, 0.3) is 16.8 Å². The summed E-state index contributed by atoms with van der Waals surface area (Å²) in [5, 5.41) is 6.37. The van der Waals surface area contributed by atoms with Crippen LogP contribution in [0.1, 0.15) is 23.0 Å². The molecule has 0 bridgehead atoms. The third kappa shape index (κ3) is 3.64. The summed E-state index contributed by atoms with van der Waals surface area (Å²) in [4.78, 5) is 16.8. The molecule has 4 aromatic rings. The van der Waals surface area contributed by atoms with Crippen LogP contribution >= 0.6 is 0 Å². The molecule has 0 atom stereocenters. The van der Waals surface area contributed by atoms with E-state index in [9.17, 15) is 13.2 Å². The second-order valence-corrected chi connectivity index (χ2v) is 8.46. The molecule has 0 aliphatic heterocycles. The van der Waals surface area contributed by atoms with E-state index >= 15 is 0 Å². The largest absolute Gasteiger partial charge is 0.338 e. The molecule has 3 aromatic heterocycles. The van der Waals surface area contributed by atoms with Gasteiger partial charge in [0.15, 0.2) is 5.69 Å². The van der Waals surface area contributed by atoms with Gasteiger partial charge >= 0.3 is 0 Å². The van der Waals surface area contributed by atoms with Crippen molar-refractivity contribution >= 4 is 27.1 Å². The molecule has 8 nitrogen and oxygen atoms in total. The molecule has 0 aliphatic carbocycles. The summed E-state index contributed by atoms with van der Waals surface area (Å²) in [6.45, 7) is 2.08. The van der Waals surface area contributed by atoms with Gasteiger partial charge < -0.3 is 4.52 Å². The summed E-state index contributed by atoms with van der Waals surface area (Å²) in [5.74, 6) is -0.449. The van der Waals surface area contributed by atoms with Gasteiger partial charge in [0.1, 0.15) is 5.69 Å². The number of hydrogen-bond acceptors (Lipinski definition) is 6. The Bertz CT molecular complexity index is 1300. The smallest absolute Gasteiger partial charge is 0.278 e. The summed E-state index contributed by atoms with van der Waals surface area (Å²) in [7, 11) is -3.62. The van der Waals surface area contributed by atoms with Crippen molar-refractivity contribution in [2.24, 2.45) is 0 Å². The monoisotopic (exact) mass is 410 g/mol. The number of carbonyl (C=O) groups excluding carboxylic acids is 1. The van der Waals surface area contributed by atoms with Crippen LogP contribution in [0.2, 0.25) is 0 Å². The molecule has 3 heterocycles. The molecular weight excluding hydrogens is 392 g/mol. The highest BCUT2D eigenvalue weighted by Crippen LogP contribution is 2.23. The van der Waals surface area contributed by atoms with Crippen LogP contribution in [-0.2, 0) is 16.3 Å². The second-order valence-electron chi connectivity index (χ2n) is 6.55.